The molecular weight excluding hydrogens is 324 g/mol. The van der Waals surface area contributed by atoms with E-state index in [0.717, 1.165) is 22.0 Å². The van der Waals surface area contributed by atoms with E-state index in [2.05, 4.69) is 10.0 Å². The van der Waals surface area contributed by atoms with Gasteiger partial charge in [0.05, 0.1) is 11.3 Å². The molecule has 0 unspecified atom stereocenters. The Kier molecular flexibility index (Phi) is 3.28. The first-order valence-electron chi connectivity index (χ1n) is 7.46. The van der Waals surface area contributed by atoms with E-state index in [-0.39, 0.29) is 17.2 Å². The summed E-state index contributed by atoms with van der Waals surface area (Å²) in [7, 11) is -3.69. The smallest absolute Gasteiger partial charge is 0.261 e. The van der Waals surface area contributed by atoms with E-state index in [1.807, 2.05) is 24.3 Å². The number of benzene rings is 3. The van der Waals surface area contributed by atoms with Gasteiger partial charge in [-0.1, -0.05) is 30.3 Å². The maximum atomic E-state index is 12.6. The van der Waals surface area contributed by atoms with Crippen molar-refractivity contribution in [3.05, 3.63) is 66.2 Å². The summed E-state index contributed by atoms with van der Waals surface area (Å²) in [6.07, 6.45) is 0.265. The van der Waals surface area contributed by atoms with E-state index < -0.39 is 10.0 Å². The number of rotatable bonds is 3. The van der Waals surface area contributed by atoms with Crippen LogP contribution in [0.15, 0.2) is 65.6 Å². The molecule has 0 saturated carbocycles. The van der Waals surface area contributed by atoms with Gasteiger partial charge < -0.3 is 5.32 Å². The zero-order chi connectivity index (χ0) is 16.7. The van der Waals surface area contributed by atoms with E-state index >= 15 is 0 Å². The number of anilines is 2. The molecule has 4 rings (SSSR count). The number of hydrogen-bond acceptors (Lipinski definition) is 3. The maximum Gasteiger partial charge on any atom is 0.261 e. The summed E-state index contributed by atoms with van der Waals surface area (Å²) in [6.45, 7) is 0. The quantitative estimate of drug-likeness (QED) is 0.770. The van der Waals surface area contributed by atoms with Crippen LogP contribution in [0.5, 0.6) is 0 Å². The van der Waals surface area contributed by atoms with E-state index in [1.54, 1.807) is 36.4 Å². The molecule has 0 atom stereocenters. The molecule has 0 bridgehead atoms. The van der Waals surface area contributed by atoms with Crippen LogP contribution in [0, 0.1) is 0 Å². The van der Waals surface area contributed by atoms with E-state index in [1.165, 1.54) is 0 Å². The summed E-state index contributed by atoms with van der Waals surface area (Å²) in [5, 5.41) is 4.57. The zero-order valence-corrected chi connectivity index (χ0v) is 13.4. The Morgan fingerprint density at radius 1 is 0.917 bits per heavy atom. The van der Waals surface area contributed by atoms with Gasteiger partial charge in [-0.3, -0.25) is 9.52 Å². The van der Waals surface area contributed by atoms with Crippen molar-refractivity contribution in [2.24, 2.45) is 0 Å². The molecule has 5 nitrogen and oxygen atoms in total. The van der Waals surface area contributed by atoms with Crippen molar-refractivity contribution in [1.82, 2.24) is 0 Å². The van der Waals surface area contributed by atoms with Crippen molar-refractivity contribution in [1.29, 1.82) is 0 Å². The molecule has 3 aromatic carbocycles. The number of carbonyl (C=O) groups is 1. The Labute approximate surface area is 139 Å². The van der Waals surface area contributed by atoms with Crippen LogP contribution in [0.4, 0.5) is 11.4 Å². The summed E-state index contributed by atoms with van der Waals surface area (Å²) in [5.41, 5.74) is 1.96. The Balaban J connectivity index is 1.67. The molecule has 0 aliphatic carbocycles. The van der Waals surface area contributed by atoms with E-state index in [9.17, 15) is 13.2 Å². The van der Waals surface area contributed by atoms with Gasteiger partial charge in [-0.15, -0.1) is 0 Å². The topological polar surface area (TPSA) is 75.3 Å². The fraction of sp³-hybridized carbons (Fsp3) is 0.0556. The first-order valence-corrected chi connectivity index (χ1v) is 8.94. The van der Waals surface area contributed by atoms with Crippen LogP contribution in [0.1, 0.15) is 5.56 Å². The molecule has 1 aliphatic rings. The van der Waals surface area contributed by atoms with Gasteiger partial charge in [0.25, 0.3) is 10.0 Å². The average Bonchev–Trinajstić information content (AvgIpc) is 2.93. The maximum absolute atomic E-state index is 12.6. The predicted octanol–water partition coefficient (Wildman–Crippen LogP) is 3.14. The van der Waals surface area contributed by atoms with Crippen LogP contribution in [0.25, 0.3) is 10.8 Å². The molecular formula is C18H14N2O3S. The van der Waals surface area contributed by atoms with Crippen LogP contribution in [0.3, 0.4) is 0 Å². The summed E-state index contributed by atoms with van der Waals surface area (Å²) < 4.78 is 27.8. The molecule has 24 heavy (non-hydrogen) atoms. The Hall–Kier alpha value is -2.86. The third kappa shape index (κ3) is 2.61. The Bertz CT molecular complexity index is 1070. The predicted molar refractivity (Wildman–Crippen MR) is 93.5 cm³/mol. The number of carbonyl (C=O) groups excluding carboxylic acids is 1. The minimum absolute atomic E-state index is 0.0838. The third-order valence-electron chi connectivity index (χ3n) is 4.01. The monoisotopic (exact) mass is 338 g/mol. The van der Waals surface area contributed by atoms with E-state index in [4.69, 9.17) is 0 Å². The highest BCUT2D eigenvalue weighted by Crippen LogP contribution is 2.28. The number of fused-ring (bicyclic) bond motifs is 2. The average molecular weight is 338 g/mol. The van der Waals surface area contributed by atoms with Crippen LogP contribution < -0.4 is 10.0 Å². The van der Waals surface area contributed by atoms with Crippen molar-refractivity contribution in [3.8, 4) is 0 Å². The lowest BCUT2D eigenvalue weighted by Crippen LogP contribution is -2.13. The molecule has 3 aromatic rings. The van der Waals surface area contributed by atoms with Gasteiger partial charge in [-0.25, -0.2) is 8.42 Å². The third-order valence-corrected chi connectivity index (χ3v) is 5.39. The van der Waals surface area contributed by atoms with Gasteiger partial charge in [0.1, 0.15) is 0 Å². The van der Waals surface area contributed by atoms with Crippen LogP contribution in [0.2, 0.25) is 0 Å². The Morgan fingerprint density at radius 3 is 2.54 bits per heavy atom. The molecule has 2 N–H and O–H groups in total. The van der Waals surface area contributed by atoms with Gasteiger partial charge in [0.15, 0.2) is 0 Å². The summed E-state index contributed by atoms with van der Waals surface area (Å²) in [4.78, 5) is 11.6. The van der Waals surface area contributed by atoms with Gasteiger partial charge in [0.2, 0.25) is 5.91 Å². The second kappa shape index (κ2) is 5.35. The largest absolute Gasteiger partial charge is 0.326 e. The molecule has 6 heteroatoms. The summed E-state index contributed by atoms with van der Waals surface area (Å²) in [5.74, 6) is -0.0838. The minimum Gasteiger partial charge on any atom is -0.326 e. The van der Waals surface area contributed by atoms with Gasteiger partial charge in [-0.05, 0) is 46.7 Å². The lowest BCUT2D eigenvalue weighted by Gasteiger charge is -2.10. The van der Waals surface area contributed by atoms with Crippen LogP contribution >= 0.6 is 0 Å². The first kappa shape index (κ1) is 14.7. The lowest BCUT2D eigenvalue weighted by atomic mass is 10.1. The van der Waals surface area contributed by atoms with Gasteiger partial charge >= 0.3 is 0 Å². The molecule has 0 spiro atoms. The summed E-state index contributed by atoms with van der Waals surface area (Å²) >= 11 is 0. The Morgan fingerprint density at radius 2 is 1.71 bits per heavy atom. The fourth-order valence-corrected chi connectivity index (χ4v) is 3.93. The molecule has 1 heterocycles. The highest BCUT2D eigenvalue weighted by molar-refractivity contribution is 7.92. The van der Waals surface area contributed by atoms with Crippen molar-refractivity contribution in [2.45, 2.75) is 11.3 Å². The van der Waals surface area contributed by atoms with Gasteiger partial charge in [0, 0.05) is 11.4 Å². The standard InChI is InChI=1S/C18H14N2O3S/c21-18-11-14-9-15(6-8-17(14)19-18)20-24(22,23)16-7-5-12-3-1-2-4-13(12)10-16/h1-10,20H,11H2,(H,19,21). The highest BCUT2D eigenvalue weighted by Gasteiger charge is 2.20. The van der Waals surface area contributed by atoms with Crippen molar-refractivity contribution >= 4 is 38.1 Å². The number of amides is 1. The highest BCUT2D eigenvalue weighted by atomic mass is 32.2. The first-order chi connectivity index (χ1) is 11.5. The van der Waals surface area contributed by atoms with Crippen LogP contribution in [-0.4, -0.2) is 14.3 Å². The van der Waals surface area contributed by atoms with Crippen LogP contribution in [-0.2, 0) is 21.2 Å². The van der Waals surface area contributed by atoms with Crippen molar-refractivity contribution in [3.63, 3.8) is 0 Å². The number of sulfonamides is 1. The van der Waals surface area contributed by atoms with Gasteiger partial charge in [-0.2, -0.15) is 0 Å². The van der Waals surface area contributed by atoms with Crippen molar-refractivity contribution < 1.29 is 13.2 Å². The molecule has 1 aliphatic heterocycles. The number of nitrogens with one attached hydrogen (secondary N) is 2. The second-order valence-corrected chi connectivity index (χ2v) is 7.39. The molecule has 0 radical (unpaired) electrons. The minimum atomic E-state index is -3.69. The van der Waals surface area contributed by atoms with Crippen molar-refractivity contribution in [2.75, 3.05) is 10.0 Å². The lowest BCUT2D eigenvalue weighted by molar-refractivity contribution is -0.115. The van der Waals surface area contributed by atoms with E-state index in [0.29, 0.717) is 5.69 Å². The molecule has 1 amide bonds. The SMILES string of the molecule is O=C1Cc2cc(NS(=O)(=O)c3ccc4ccccc4c3)ccc2N1. The molecule has 0 saturated heterocycles. The second-order valence-electron chi connectivity index (χ2n) is 5.71. The normalized spacial score (nSPS) is 13.6. The molecule has 120 valence electrons. The molecule has 0 aromatic heterocycles. The zero-order valence-electron chi connectivity index (χ0n) is 12.6. The summed E-state index contributed by atoms with van der Waals surface area (Å²) in [6, 6.07) is 17.7. The number of hydrogen-bond donors (Lipinski definition) is 2. The molecule has 0 fully saturated rings. The fourth-order valence-electron chi connectivity index (χ4n) is 2.84.